The zero-order valence-electron chi connectivity index (χ0n) is 15.5. The highest BCUT2D eigenvalue weighted by Crippen LogP contribution is 2.34. The molecule has 2 amide bonds. The number of carbonyl (C=O) groups excluding carboxylic acids is 1. The molecule has 0 aliphatic carbocycles. The molecule has 0 spiro atoms. The molecule has 7 heteroatoms. The van der Waals surface area contributed by atoms with Crippen molar-refractivity contribution in [1.29, 1.82) is 0 Å². The molecule has 2 bridgehead atoms. The summed E-state index contributed by atoms with van der Waals surface area (Å²) in [6, 6.07) is 13.2. The summed E-state index contributed by atoms with van der Waals surface area (Å²) < 4.78 is 1.81. The molecule has 7 nitrogen and oxygen atoms in total. The highest BCUT2D eigenvalue weighted by atomic mass is 16.4. The standard InChI is InChI=1S/C21H23N3O4/c25-19-8-4-7-18-16-9-15(12-24(18)19)11-23(13-16)21(28)22-17(20(26)27)10-14-5-2-1-3-6-14/h1-8,15-17H,9-13H2,(H,22,28)(H,26,27)/t15?,16?,17-/m0/s1. The molecule has 2 N–H and O–H groups in total. The van der Waals surface area contributed by atoms with Crippen molar-refractivity contribution in [1.82, 2.24) is 14.8 Å². The number of carboxylic acids is 1. The first-order valence-electron chi connectivity index (χ1n) is 9.53. The molecule has 3 heterocycles. The van der Waals surface area contributed by atoms with Crippen LogP contribution in [0.25, 0.3) is 0 Å². The summed E-state index contributed by atoms with van der Waals surface area (Å²) >= 11 is 0. The summed E-state index contributed by atoms with van der Waals surface area (Å²) in [5, 5.41) is 12.2. The monoisotopic (exact) mass is 381 g/mol. The van der Waals surface area contributed by atoms with Gasteiger partial charge in [0.2, 0.25) is 0 Å². The number of aliphatic carboxylic acids is 1. The van der Waals surface area contributed by atoms with Crippen LogP contribution >= 0.6 is 0 Å². The van der Waals surface area contributed by atoms with Crippen LogP contribution in [-0.2, 0) is 17.8 Å². The van der Waals surface area contributed by atoms with Crippen molar-refractivity contribution in [2.45, 2.75) is 31.3 Å². The second-order valence-corrected chi connectivity index (χ2v) is 7.63. The van der Waals surface area contributed by atoms with E-state index >= 15 is 0 Å². The molecule has 2 unspecified atom stereocenters. The van der Waals surface area contributed by atoms with Crippen LogP contribution in [0.4, 0.5) is 4.79 Å². The second kappa shape index (κ2) is 7.50. The van der Waals surface area contributed by atoms with Crippen LogP contribution in [0.5, 0.6) is 0 Å². The van der Waals surface area contributed by atoms with Crippen LogP contribution in [0.2, 0.25) is 0 Å². The third-order valence-electron chi connectivity index (χ3n) is 5.65. The first-order valence-corrected chi connectivity index (χ1v) is 9.53. The maximum absolute atomic E-state index is 12.8. The van der Waals surface area contributed by atoms with Crippen molar-refractivity contribution in [3.63, 3.8) is 0 Å². The Morgan fingerprint density at radius 2 is 1.86 bits per heavy atom. The first-order chi connectivity index (χ1) is 13.5. The van der Waals surface area contributed by atoms with Gasteiger partial charge in [0.15, 0.2) is 0 Å². The number of amides is 2. The molecular weight excluding hydrogens is 358 g/mol. The first kappa shape index (κ1) is 18.3. The van der Waals surface area contributed by atoms with Crippen LogP contribution in [-0.4, -0.2) is 45.7 Å². The summed E-state index contributed by atoms with van der Waals surface area (Å²) in [6.45, 7) is 1.62. The predicted octanol–water partition coefficient (Wildman–Crippen LogP) is 1.67. The number of benzene rings is 1. The lowest BCUT2D eigenvalue weighted by Gasteiger charge is -2.42. The third-order valence-corrected chi connectivity index (χ3v) is 5.65. The fourth-order valence-corrected chi connectivity index (χ4v) is 4.35. The fourth-order valence-electron chi connectivity index (χ4n) is 4.35. The predicted molar refractivity (Wildman–Crippen MR) is 103 cm³/mol. The minimum Gasteiger partial charge on any atom is -0.480 e. The Kier molecular flexibility index (Phi) is 4.90. The van der Waals surface area contributed by atoms with Gasteiger partial charge in [-0.1, -0.05) is 36.4 Å². The van der Waals surface area contributed by atoms with E-state index in [-0.39, 0.29) is 29.8 Å². The van der Waals surface area contributed by atoms with Crippen LogP contribution in [0.3, 0.4) is 0 Å². The van der Waals surface area contributed by atoms with Crippen molar-refractivity contribution in [3.05, 3.63) is 70.1 Å². The third kappa shape index (κ3) is 3.65. The molecule has 146 valence electrons. The van der Waals surface area contributed by atoms with Gasteiger partial charge in [-0.25, -0.2) is 9.59 Å². The lowest BCUT2D eigenvalue weighted by Crippen LogP contribution is -2.55. The molecule has 2 aromatic rings. The van der Waals surface area contributed by atoms with Crippen LogP contribution in [0.15, 0.2) is 53.3 Å². The van der Waals surface area contributed by atoms with E-state index in [1.807, 2.05) is 41.0 Å². The highest BCUT2D eigenvalue weighted by Gasteiger charge is 2.37. The van der Waals surface area contributed by atoms with Crippen molar-refractivity contribution < 1.29 is 14.7 Å². The van der Waals surface area contributed by atoms with Gasteiger partial charge < -0.3 is 19.9 Å². The van der Waals surface area contributed by atoms with Gasteiger partial charge in [0.1, 0.15) is 6.04 Å². The molecular formula is C21H23N3O4. The molecule has 1 aromatic carbocycles. The average Bonchev–Trinajstić information content (AvgIpc) is 2.69. The Balaban J connectivity index is 1.47. The number of nitrogens with one attached hydrogen (secondary N) is 1. The largest absolute Gasteiger partial charge is 0.480 e. The van der Waals surface area contributed by atoms with E-state index in [9.17, 15) is 19.5 Å². The van der Waals surface area contributed by atoms with E-state index in [2.05, 4.69) is 5.32 Å². The SMILES string of the molecule is O=C(O)[C@H](Cc1ccccc1)NC(=O)N1CC2CC(C1)c1cccc(=O)n1C2. The van der Waals surface area contributed by atoms with E-state index in [0.29, 0.717) is 19.6 Å². The number of pyridine rings is 1. The summed E-state index contributed by atoms with van der Waals surface area (Å²) in [5.74, 6) is -0.745. The molecule has 2 aliphatic heterocycles. The molecule has 28 heavy (non-hydrogen) atoms. The van der Waals surface area contributed by atoms with E-state index in [0.717, 1.165) is 17.7 Å². The zero-order valence-corrected chi connectivity index (χ0v) is 15.5. The minimum absolute atomic E-state index is 0.00101. The molecule has 0 radical (unpaired) electrons. The molecule has 0 saturated carbocycles. The van der Waals surface area contributed by atoms with Gasteiger partial charge >= 0.3 is 12.0 Å². The normalized spacial score (nSPS) is 21.5. The molecule has 1 saturated heterocycles. The van der Waals surface area contributed by atoms with Gasteiger partial charge in [-0.3, -0.25) is 4.79 Å². The molecule has 2 aliphatic rings. The number of aromatic nitrogens is 1. The summed E-state index contributed by atoms with van der Waals surface area (Å²) in [6.07, 6.45) is 1.18. The van der Waals surface area contributed by atoms with Crippen LogP contribution in [0, 0.1) is 5.92 Å². The number of nitrogens with zero attached hydrogens (tertiary/aromatic N) is 2. The zero-order chi connectivity index (χ0) is 19.7. The number of rotatable bonds is 4. The van der Waals surface area contributed by atoms with Gasteiger partial charge in [-0.2, -0.15) is 0 Å². The van der Waals surface area contributed by atoms with Gasteiger partial charge in [0, 0.05) is 43.7 Å². The van der Waals surface area contributed by atoms with Gasteiger partial charge in [-0.05, 0) is 24.0 Å². The average molecular weight is 381 g/mol. The lowest BCUT2D eigenvalue weighted by molar-refractivity contribution is -0.139. The number of fused-ring (bicyclic) bond motifs is 4. The molecule has 4 rings (SSSR count). The maximum atomic E-state index is 12.8. The summed E-state index contributed by atoms with van der Waals surface area (Å²) in [7, 11) is 0. The van der Waals surface area contributed by atoms with E-state index in [1.54, 1.807) is 17.0 Å². The minimum atomic E-state index is -1.05. The topological polar surface area (TPSA) is 91.6 Å². The number of carboxylic acid groups (broad SMARTS) is 1. The summed E-state index contributed by atoms with van der Waals surface area (Å²) in [5.41, 5.74) is 1.82. The number of likely N-dealkylation sites (tertiary alicyclic amines) is 1. The smallest absolute Gasteiger partial charge is 0.326 e. The van der Waals surface area contributed by atoms with Gasteiger partial charge in [0.05, 0.1) is 0 Å². The van der Waals surface area contributed by atoms with Crippen molar-refractivity contribution >= 4 is 12.0 Å². The molecule has 1 fully saturated rings. The van der Waals surface area contributed by atoms with Gasteiger partial charge in [-0.15, -0.1) is 0 Å². The van der Waals surface area contributed by atoms with Gasteiger partial charge in [0.25, 0.3) is 5.56 Å². The number of hydrogen-bond donors (Lipinski definition) is 2. The molecule has 3 atom stereocenters. The van der Waals surface area contributed by atoms with Crippen molar-refractivity contribution in [2.75, 3.05) is 13.1 Å². The quantitative estimate of drug-likeness (QED) is 0.843. The molecule has 1 aromatic heterocycles. The van der Waals surface area contributed by atoms with Crippen molar-refractivity contribution in [2.24, 2.45) is 5.92 Å². The number of carbonyl (C=O) groups is 2. The van der Waals surface area contributed by atoms with E-state index in [1.165, 1.54) is 0 Å². The fraction of sp³-hybridized carbons (Fsp3) is 0.381. The number of hydrogen-bond acceptors (Lipinski definition) is 3. The number of piperidine rings is 1. The Morgan fingerprint density at radius 1 is 1.07 bits per heavy atom. The Bertz CT molecular complexity index is 940. The lowest BCUT2D eigenvalue weighted by atomic mass is 9.83. The second-order valence-electron chi connectivity index (χ2n) is 7.63. The Labute approximate surface area is 162 Å². The Morgan fingerprint density at radius 3 is 2.61 bits per heavy atom. The highest BCUT2D eigenvalue weighted by molar-refractivity contribution is 5.83. The maximum Gasteiger partial charge on any atom is 0.326 e. The number of urea groups is 1. The van der Waals surface area contributed by atoms with Crippen LogP contribution < -0.4 is 10.9 Å². The van der Waals surface area contributed by atoms with E-state index in [4.69, 9.17) is 0 Å². The van der Waals surface area contributed by atoms with Crippen LogP contribution in [0.1, 0.15) is 23.6 Å². The summed E-state index contributed by atoms with van der Waals surface area (Å²) in [4.78, 5) is 38.2. The van der Waals surface area contributed by atoms with E-state index < -0.39 is 12.0 Å². The van der Waals surface area contributed by atoms with Crippen molar-refractivity contribution in [3.8, 4) is 0 Å². The Hall–Kier alpha value is -3.09.